The highest BCUT2D eigenvalue weighted by Gasteiger charge is 2.13. The zero-order valence-electron chi connectivity index (χ0n) is 11.9. The molecule has 0 saturated heterocycles. The zero-order chi connectivity index (χ0) is 15.1. The van der Waals surface area contributed by atoms with Gasteiger partial charge in [0.15, 0.2) is 0 Å². The molecular weight excluding hydrogens is 290 g/mol. The maximum Gasteiger partial charge on any atom is 0.240 e. The van der Waals surface area contributed by atoms with Gasteiger partial charge in [-0.2, -0.15) is 5.10 Å². The van der Waals surface area contributed by atoms with Gasteiger partial charge in [0.1, 0.15) is 5.75 Å². The Labute approximate surface area is 124 Å². The third-order valence-electron chi connectivity index (χ3n) is 2.86. The molecule has 0 amide bonds. The number of nitrogens with one attached hydrogen (secondary N) is 1. The van der Waals surface area contributed by atoms with Crippen LogP contribution in [0, 0.1) is 0 Å². The summed E-state index contributed by atoms with van der Waals surface area (Å²) < 4.78 is 33.8. The monoisotopic (exact) mass is 309 g/mol. The second-order valence-corrected chi connectivity index (χ2v) is 6.19. The van der Waals surface area contributed by atoms with Crippen LogP contribution in [0.1, 0.15) is 13.3 Å². The predicted molar refractivity (Wildman–Crippen MR) is 79.6 cm³/mol. The van der Waals surface area contributed by atoms with Crippen molar-refractivity contribution in [2.45, 2.75) is 24.8 Å². The van der Waals surface area contributed by atoms with Crippen molar-refractivity contribution in [1.82, 2.24) is 14.5 Å². The Kier molecular flexibility index (Phi) is 5.35. The van der Waals surface area contributed by atoms with Gasteiger partial charge >= 0.3 is 0 Å². The van der Waals surface area contributed by atoms with Gasteiger partial charge in [-0.1, -0.05) is 0 Å². The summed E-state index contributed by atoms with van der Waals surface area (Å²) in [5.41, 5.74) is 0. The average molecular weight is 309 g/mol. The van der Waals surface area contributed by atoms with Crippen LogP contribution >= 0.6 is 0 Å². The lowest BCUT2D eigenvalue weighted by atomic mass is 10.3. The molecule has 0 saturated carbocycles. The molecule has 0 atom stereocenters. The summed E-state index contributed by atoms with van der Waals surface area (Å²) in [6.07, 6.45) is 4.23. The molecule has 114 valence electrons. The van der Waals surface area contributed by atoms with Crippen LogP contribution in [0.3, 0.4) is 0 Å². The summed E-state index contributed by atoms with van der Waals surface area (Å²) in [7, 11) is -3.47. The van der Waals surface area contributed by atoms with Gasteiger partial charge in [-0.15, -0.1) is 0 Å². The van der Waals surface area contributed by atoms with Crippen LogP contribution in [-0.4, -0.2) is 31.3 Å². The van der Waals surface area contributed by atoms with Gasteiger partial charge in [-0.3, -0.25) is 4.68 Å². The van der Waals surface area contributed by atoms with Gasteiger partial charge in [0.25, 0.3) is 0 Å². The third-order valence-corrected chi connectivity index (χ3v) is 4.34. The number of aromatic nitrogens is 2. The number of ether oxygens (including phenoxy) is 1. The van der Waals surface area contributed by atoms with E-state index in [0.29, 0.717) is 31.9 Å². The first kappa shape index (κ1) is 15.5. The Morgan fingerprint density at radius 3 is 2.67 bits per heavy atom. The van der Waals surface area contributed by atoms with Crippen molar-refractivity contribution < 1.29 is 13.2 Å². The molecular formula is C14H19N3O3S. The number of benzene rings is 1. The van der Waals surface area contributed by atoms with Crippen LogP contribution in [0.25, 0.3) is 0 Å². The fraction of sp³-hybridized carbons (Fsp3) is 0.357. The molecule has 0 spiro atoms. The highest BCUT2D eigenvalue weighted by molar-refractivity contribution is 7.89. The second kappa shape index (κ2) is 7.24. The first-order chi connectivity index (χ1) is 10.1. The number of nitrogens with zero attached hydrogens (tertiary/aromatic N) is 2. The van der Waals surface area contributed by atoms with E-state index < -0.39 is 10.0 Å². The van der Waals surface area contributed by atoms with Crippen LogP contribution in [0.2, 0.25) is 0 Å². The fourth-order valence-corrected chi connectivity index (χ4v) is 2.92. The molecule has 0 unspecified atom stereocenters. The van der Waals surface area contributed by atoms with Gasteiger partial charge in [0.05, 0.1) is 11.5 Å². The van der Waals surface area contributed by atoms with E-state index in [9.17, 15) is 8.42 Å². The molecule has 2 aromatic rings. The molecule has 0 fully saturated rings. The van der Waals surface area contributed by atoms with E-state index in [-0.39, 0.29) is 4.90 Å². The number of rotatable bonds is 8. The Bertz CT molecular complexity index is 637. The molecule has 1 aromatic heterocycles. The van der Waals surface area contributed by atoms with Gasteiger partial charge < -0.3 is 4.74 Å². The Morgan fingerprint density at radius 1 is 1.29 bits per heavy atom. The summed E-state index contributed by atoms with van der Waals surface area (Å²) in [6.45, 7) is 3.48. The van der Waals surface area contributed by atoms with Crippen LogP contribution < -0.4 is 9.46 Å². The predicted octanol–water partition coefficient (Wildman–Crippen LogP) is 1.65. The molecule has 0 radical (unpaired) electrons. The van der Waals surface area contributed by atoms with E-state index in [2.05, 4.69) is 9.82 Å². The van der Waals surface area contributed by atoms with Crippen molar-refractivity contribution in [1.29, 1.82) is 0 Å². The minimum Gasteiger partial charge on any atom is -0.494 e. The summed E-state index contributed by atoms with van der Waals surface area (Å²) in [6, 6.07) is 8.23. The summed E-state index contributed by atoms with van der Waals surface area (Å²) in [4.78, 5) is 0.241. The molecule has 1 heterocycles. The van der Waals surface area contributed by atoms with Crippen LogP contribution in [0.5, 0.6) is 5.75 Å². The number of hydrogen-bond acceptors (Lipinski definition) is 4. The van der Waals surface area contributed by atoms with Crippen LogP contribution in [0.15, 0.2) is 47.6 Å². The lowest BCUT2D eigenvalue weighted by Gasteiger charge is -2.08. The summed E-state index contributed by atoms with van der Waals surface area (Å²) >= 11 is 0. The highest BCUT2D eigenvalue weighted by Crippen LogP contribution is 2.15. The van der Waals surface area contributed by atoms with Gasteiger partial charge in [-0.05, 0) is 43.7 Å². The zero-order valence-corrected chi connectivity index (χ0v) is 12.7. The number of hydrogen-bond donors (Lipinski definition) is 1. The lowest BCUT2D eigenvalue weighted by molar-refractivity contribution is 0.340. The Hall–Kier alpha value is -1.86. The largest absolute Gasteiger partial charge is 0.494 e. The van der Waals surface area contributed by atoms with Crippen LogP contribution in [0.4, 0.5) is 0 Å². The van der Waals surface area contributed by atoms with E-state index in [1.54, 1.807) is 35.1 Å². The molecule has 6 nitrogen and oxygen atoms in total. The lowest BCUT2D eigenvalue weighted by Crippen LogP contribution is -2.25. The maximum atomic E-state index is 12.1. The smallest absolute Gasteiger partial charge is 0.240 e. The standard InChI is InChI=1S/C14H19N3O3S/c1-2-20-13-5-7-14(8-6-13)21(18,19)16-10-4-12-17-11-3-9-15-17/h3,5-9,11,16H,2,4,10,12H2,1H3. The minimum atomic E-state index is -3.47. The topological polar surface area (TPSA) is 73.2 Å². The first-order valence-corrected chi connectivity index (χ1v) is 8.30. The van der Waals surface area contributed by atoms with E-state index >= 15 is 0 Å². The number of aryl methyl sites for hydroxylation is 1. The number of sulfonamides is 1. The van der Waals surface area contributed by atoms with Crippen LogP contribution in [-0.2, 0) is 16.6 Å². The third kappa shape index (κ3) is 4.57. The fourth-order valence-electron chi connectivity index (χ4n) is 1.85. The average Bonchev–Trinajstić information content (AvgIpc) is 2.98. The van der Waals surface area contributed by atoms with Crippen molar-refractivity contribution in [2.24, 2.45) is 0 Å². The Balaban J connectivity index is 1.85. The van der Waals surface area contributed by atoms with Crippen molar-refractivity contribution in [3.05, 3.63) is 42.7 Å². The van der Waals surface area contributed by atoms with E-state index in [4.69, 9.17) is 4.74 Å². The highest BCUT2D eigenvalue weighted by atomic mass is 32.2. The molecule has 7 heteroatoms. The minimum absolute atomic E-state index is 0.241. The van der Waals surface area contributed by atoms with Crippen molar-refractivity contribution in [2.75, 3.05) is 13.2 Å². The first-order valence-electron chi connectivity index (χ1n) is 6.82. The summed E-state index contributed by atoms with van der Waals surface area (Å²) in [5.74, 6) is 0.662. The summed E-state index contributed by atoms with van der Waals surface area (Å²) in [5, 5.41) is 4.06. The quantitative estimate of drug-likeness (QED) is 0.753. The molecule has 0 bridgehead atoms. The van der Waals surface area contributed by atoms with E-state index in [0.717, 1.165) is 0 Å². The molecule has 21 heavy (non-hydrogen) atoms. The van der Waals surface area contributed by atoms with Gasteiger partial charge in [0, 0.05) is 25.5 Å². The van der Waals surface area contributed by atoms with Crippen molar-refractivity contribution in [3.63, 3.8) is 0 Å². The second-order valence-electron chi connectivity index (χ2n) is 4.42. The molecule has 0 aliphatic heterocycles. The van der Waals surface area contributed by atoms with E-state index in [1.807, 2.05) is 19.2 Å². The molecule has 1 N–H and O–H groups in total. The van der Waals surface area contributed by atoms with Gasteiger partial charge in [0.2, 0.25) is 10.0 Å². The molecule has 0 aliphatic carbocycles. The van der Waals surface area contributed by atoms with Crippen molar-refractivity contribution >= 4 is 10.0 Å². The van der Waals surface area contributed by atoms with Gasteiger partial charge in [-0.25, -0.2) is 13.1 Å². The molecule has 1 aromatic carbocycles. The molecule has 0 aliphatic rings. The SMILES string of the molecule is CCOc1ccc(S(=O)(=O)NCCCn2cccn2)cc1. The van der Waals surface area contributed by atoms with E-state index in [1.165, 1.54) is 0 Å². The maximum absolute atomic E-state index is 12.1. The van der Waals surface area contributed by atoms with Crippen molar-refractivity contribution in [3.8, 4) is 5.75 Å². The molecule has 2 rings (SSSR count). The Morgan fingerprint density at radius 2 is 2.05 bits per heavy atom. The normalized spacial score (nSPS) is 11.5.